The number of carbonyl (C=O) groups excluding carboxylic acids is 3. The maximum Gasteiger partial charge on any atom is 0.328 e. The van der Waals surface area contributed by atoms with Gasteiger partial charge in [0.1, 0.15) is 17.2 Å². The van der Waals surface area contributed by atoms with E-state index in [0.717, 1.165) is 18.4 Å². The van der Waals surface area contributed by atoms with E-state index in [4.69, 9.17) is 4.74 Å². The summed E-state index contributed by atoms with van der Waals surface area (Å²) in [5.41, 5.74) is 0.0939. The SMILES string of the molecule is CCNC(=O)c1cn(Cc2ccccc2)cc(C(=O)N2CCCCC2C(=O)OCC)c1=O. The summed E-state index contributed by atoms with van der Waals surface area (Å²) < 4.78 is 6.81. The molecule has 1 fully saturated rings. The van der Waals surface area contributed by atoms with Crippen molar-refractivity contribution in [3.8, 4) is 0 Å². The Hall–Kier alpha value is -3.42. The van der Waals surface area contributed by atoms with Gasteiger partial charge in [-0.1, -0.05) is 30.3 Å². The Bertz CT molecular complexity index is 1030. The molecule has 32 heavy (non-hydrogen) atoms. The first-order valence-corrected chi connectivity index (χ1v) is 11.0. The Labute approximate surface area is 187 Å². The second-order valence-electron chi connectivity index (χ2n) is 7.69. The van der Waals surface area contributed by atoms with Crippen molar-refractivity contribution in [2.45, 2.75) is 45.7 Å². The molecule has 0 spiro atoms. The number of aromatic nitrogens is 1. The molecule has 1 aliphatic heterocycles. The number of nitrogens with one attached hydrogen (secondary N) is 1. The number of benzene rings is 1. The summed E-state index contributed by atoms with van der Waals surface area (Å²) in [6.07, 6.45) is 4.95. The van der Waals surface area contributed by atoms with Crippen LogP contribution in [0.3, 0.4) is 0 Å². The van der Waals surface area contributed by atoms with Gasteiger partial charge in [0, 0.05) is 32.0 Å². The van der Waals surface area contributed by atoms with Gasteiger partial charge in [-0.05, 0) is 38.7 Å². The fourth-order valence-corrected chi connectivity index (χ4v) is 3.90. The molecule has 1 unspecified atom stereocenters. The zero-order valence-corrected chi connectivity index (χ0v) is 18.5. The van der Waals surface area contributed by atoms with Crippen LogP contribution in [-0.2, 0) is 16.1 Å². The van der Waals surface area contributed by atoms with Gasteiger partial charge in [-0.3, -0.25) is 14.4 Å². The smallest absolute Gasteiger partial charge is 0.328 e. The molecule has 1 aromatic heterocycles. The number of esters is 1. The minimum atomic E-state index is -0.730. The first-order chi connectivity index (χ1) is 15.5. The molecule has 0 aliphatic carbocycles. The van der Waals surface area contributed by atoms with Crippen molar-refractivity contribution in [2.75, 3.05) is 19.7 Å². The van der Waals surface area contributed by atoms with Crippen molar-refractivity contribution >= 4 is 17.8 Å². The minimum Gasteiger partial charge on any atom is -0.464 e. The summed E-state index contributed by atoms with van der Waals surface area (Å²) in [6.45, 7) is 4.78. The molecule has 1 N–H and O–H groups in total. The highest BCUT2D eigenvalue weighted by Crippen LogP contribution is 2.20. The molecular formula is C24H29N3O5. The van der Waals surface area contributed by atoms with Gasteiger partial charge in [0.25, 0.3) is 11.8 Å². The van der Waals surface area contributed by atoms with Gasteiger partial charge in [0.05, 0.1) is 6.61 Å². The number of amides is 2. The van der Waals surface area contributed by atoms with Gasteiger partial charge in [-0.25, -0.2) is 4.79 Å². The molecule has 2 amide bonds. The lowest BCUT2D eigenvalue weighted by Crippen LogP contribution is -2.50. The fourth-order valence-electron chi connectivity index (χ4n) is 3.90. The number of nitrogens with zero attached hydrogens (tertiary/aromatic N) is 2. The molecule has 0 bridgehead atoms. The van der Waals surface area contributed by atoms with Gasteiger partial charge in [0.2, 0.25) is 5.43 Å². The predicted octanol–water partition coefficient (Wildman–Crippen LogP) is 2.20. The Morgan fingerprint density at radius 2 is 1.78 bits per heavy atom. The maximum atomic E-state index is 13.5. The third-order valence-corrected chi connectivity index (χ3v) is 5.42. The number of hydrogen-bond donors (Lipinski definition) is 1. The second kappa shape index (κ2) is 10.7. The lowest BCUT2D eigenvalue weighted by molar-refractivity contribution is -0.149. The molecule has 2 aromatic rings. The molecule has 2 heterocycles. The number of piperidine rings is 1. The van der Waals surface area contributed by atoms with E-state index >= 15 is 0 Å². The molecule has 0 radical (unpaired) electrons. The maximum absolute atomic E-state index is 13.5. The third kappa shape index (κ3) is 5.25. The van der Waals surface area contributed by atoms with E-state index in [1.165, 1.54) is 17.3 Å². The zero-order chi connectivity index (χ0) is 23.1. The van der Waals surface area contributed by atoms with E-state index < -0.39 is 29.3 Å². The number of ether oxygens (including phenoxy) is 1. The molecular weight excluding hydrogens is 410 g/mol. The number of carbonyl (C=O) groups is 3. The summed E-state index contributed by atoms with van der Waals surface area (Å²) in [5, 5.41) is 2.63. The summed E-state index contributed by atoms with van der Waals surface area (Å²) in [7, 11) is 0. The van der Waals surface area contributed by atoms with Crippen LogP contribution in [0, 0.1) is 0 Å². The lowest BCUT2D eigenvalue weighted by atomic mass is 10.0. The van der Waals surface area contributed by atoms with E-state index in [0.29, 0.717) is 26.1 Å². The molecule has 1 atom stereocenters. The predicted molar refractivity (Wildman–Crippen MR) is 120 cm³/mol. The van der Waals surface area contributed by atoms with Crippen molar-refractivity contribution in [1.82, 2.24) is 14.8 Å². The Kier molecular flexibility index (Phi) is 7.81. The average molecular weight is 440 g/mol. The lowest BCUT2D eigenvalue weighted by Gasteiger charge is -2.34. The zero-order valence-electron chi connectivity index (χ0n) is 18.5. The van der Waals surface area contributed by atoms with Crippen LogP contribution in [-0.4, -0.2) is 53.0 Å². The van der Waals surface area contributed by atoms with Crippen molar-refractivity contribution in [3.63, 3.8) is 0 Å². The number of likely N-dealkylation sites (tertiary alicyclic amines) is 1. The van der Waals surface area contributed by atoms with Gasteiger partial charge >= 0.3 is 5.97 Å². The monoisotopic (exact) mass is 439 g/mol. The normalized spacial score (nSPS) is 15.8. The average Bonchev–Trinajstić information content (AvgIpc) is 2.80. The molecule has 170 valence electrons. The highest BCUT2D eigenvalue weighted by atomic mass is 16.5. The van der Waals surface area contributed by atoms with Crippen LogP contribution in [0.15, 0.2) is 47.5 Å². The van der Waals surface area contributed by atoms with Gasteiger partial charge in [0.15, 0.2) is 0 Å². The van der Waals surface area contributed by atoms with Crippen molar-refractivity contribution < 1.29 is 19.1 Å². The topological polar surface area (TPSA) is 97.7 Å². The van der Waals surface area contributed by atoms with Crippen LogP contribution in [0.4, 0.5) is 0 Å². The first-order valence-electron chi connectivity index (χ1n) is 11.0. The molecule has 1 aliphatic rings. The minimum absolute atomic E-state index is 0.0988. The van der Waals surface area contributed by atoms with E-state index in [1.54, 1.807) is 18.4 Å². The molecule has 0 saturated carbocycles. The van der Waals surface area contributed by atoms with Crippen LogP contribution >= 0.6 is 0 Å². The number of hydrogen-bond acceptors (Lipinski definition) is 5. The van der Waals surface area contributed by atoms with Gasteiger partial charge in [-0.15, -0.1) is 0 Å². The van der Waals surface area contributed by atoms with E-state index in [9.17, 15) is 19.2 Å². The summed E-state index contributed by atoms with van der Waals surface area (Å²) in [6, 6.07) is 8.81. The van der Waals surface area contributed by atoms with E-state index in [1.807, 2.05) is 30.3 Å². The van der Waals surface area contributed by atoms with E-state index in [2.05, 4.69) is 5.32 Å². The molecule has 8 nitrogen and oxygen atoms in total. The Morgan fingerprint density at radius 3 is 2.47 bits per heavy atom. The molecule has 3 rings (SSSR count). The van der Waals surface area contributed by atoms with Crippen LogP contribution in [0.1, 0.15) is 59.4 Å². The van der Waals surface area contributed by atoms with E-state index in [-0.39, 0.29) is 17.7 Å². The van der Waals surface area contributed by atoms with Gasteiger partial charge in [-0.2, -0.15) is 0 Å². The van der Waals surface area contributed by atoms with Crippen LogP contribution in [0.25, 0.3) is 0 Å². The first kappa shape index (κ1) is 23.2. The fraction of sp³-hybridized carbons (Fsp3) is 0.417. The summed E-state index contributed by atoms with van der Waals surface area (Å²) in [4.78, 5) is 53.0. The van der Waals surface area contributed by atoms with Crippen LogP contribution in [0.2, 0.25) is 0 Å². The standard InChI is InChI=1S/C24H29N3O5/c1-3-25-22(29)18-15-26(14-17-10-6-5-7-11-17)16-19(21(18)28)23(30)27-13-9-8-12-20(27)24(31)32-4-2/h5-7,10-11,15-16,20H,3-4,8-9,12-14H2,1-2H3,(H,25,29). The van der Waals surface area contributed by atoms with Crippen LogP contribution < -0.4 is 10.7 Å². The molecule has 1 aromatic carbocycles. The Balaban J connectivity index is 2.02. The van der Waals surface area contributed by atoms with Crippen LogP contribution in [0.5, 0.6) is 0 Å². The summed E-state index contributed by atoms with van der Waals surface area (Å²) >= 11 is 0. The molecule has 1 saturated heterocycles. The Morgan fingerprint density at radius 1 is 1.06 bits per heavy atom. The quantitative estimate of drug-likeness (QED) is 0.667. The third-order valence-electron chi connectivity index (χ3n) is 5.42. The molecule has 8 heteroatoms. The number of pyridine rings is 1. The second-order valence-corrected chi connectivity index (χ2v) is 7.69. The van der Waals surface area contributed by atoms with Crippen molar-refractivity contribution in [2.24, 2.45) is 0 Å². The number of rotatable bonds is 7. The summed E-state index contributed by atoms with van der Waals surface area (Å²) in [5.74, 6) is -1.56. The highest BCUT2D eigenvalue weighted by molar-refractivity contribution is 6.00. The van der Waals surface area contributed by atoms with Crippen molar-refractivity contribution in [3.05, 3.63) is 69.6 Å². The largest absolute Gasteiger partial charge is 0.464 e. The van der Waals surface area contributed by atoms with Gasteiger partial charge < -0.3 is 19.5 Å². The van der Waals surface area contributed by atoms with Crippen molar-refractivity contribution in [1.29, 1.82) is 0 Å². The highest BCUT2D eigenvalue weighted by Gasteiger charge is 2.35.